The van der Waals surface area contributed by atoms with Crippen LogP contribution in [-0.2, 0) is 0 Å². The summed E-state index contributed by atoms with van der Waals surface area (Å²) in [6, 6.07) is 67.4. The average Bonchev–Trinajstić information content (AvgIpc) is 3.32. The van der Waals surface area contributed by atoms with Gasteiger partial charge in [-0.15, -0.1) is 0 Å². The van der Waals surface area contributed by atoms with Gasteiger partial charge in [0.15, 0.2) is 0 Å². The van der Waals surface area contributed by atoms with Gasteiger partial charge < -0.3 is 4.90 Å². The Bertz CT molecular complexity index is 2940. The predicted octanol–water partition coefficient (Wildman–Crippen LogP) is 8.04. The molecule has 0 bridgehead atoms. The summed E-state index contributed by atoms with van der Waals surface area (Å²) in [5, 5.41) is 0. The lowest BCUT2D eigenvalue weighted by molar-refractivity contribution is 1.11. The molecule has 60 heavy (non-hydrogen) atoms. The van der Waals surface area contributed by atoms with Crippen molar-refractivity contribution in [2.24, 2.45) is 0 Å². The summed E-state index contributed by atoms with van der Waals surface area (Å²) in [7, 11) is 0. The van der Waals surface area contributed by atoms with Crippen LogP contribution in [0.4, 0.5) is 68.6 Å². The predicted molar refractivity (Wildman–Crippen MR) is 248 cm³/mol. The lowest BCUT2D eigenvalue weighted by Gasteiger charge is -2.46. The maximum absolute atomic E-state index is 5.96. The number of fused-ring (bicyclic) bond motifs is 8. The second-order valence-electron chi connectivity index (χ2n) is 15.6. The zero-order chi connectivity index (χ0) is 39.3. The van der Waals surface area contributed by atoms with E-state index in [0.717, 1.165) is 73.7 Å². The van der Waals surface area contributed by atoms with E-state index >= 15 is 0 Å². The topological polar surface area (TPSA) is 51.6 Å². The molecule has 0 aliphatic carbocycles. The number of aromatic nitrogens is 3. The van der Waals surface area contributed by atoms with Crippen LogP contribution in [-0.4, -0.2) is 28.4 Å². The first kappa shape index (κ1) is 33.1. The fourth-order valence-corrected chi connectivity index (χ4v) is 10.2. The molecule has 6 heterocycles. The summed E-state index contributed by atoms with van der Waals surface area (Å²) < 4.78 is 0. The van der Waals surface area contributed by atoms with Gasteiger partial charge >= 0.3 is 0 Å². The Balaban J connectivity index is 1.14. The second-order valence-corrected chi connectivity index (χ2v) is 15.6. The van der Waals surface area contributed by atoms with E-state index in [1.165, 1.54) is 27.8 Å². The first-order valence-corrected chi connectivity index (χ1v) is 20.4. The molecule has 4 aliphatic rings. The fraction of sp³-hybridized carbons (Fsp3) is 0. The summed E-state index contributed by atoms with van der Waals surface area (Å²) >= 11 is 0. The molecule has 0 radical (unpaired) electrons. The number of pyridine rings is 1. The number of anilines is 12. The molecule has 0 atom stereocenters. The first-order chi connectivity index (χ1) is 29.8. The van der Waals surface area contributed by atoms with E-state index in [2.05, 4.69) is 208 Å². The molecule has 0 fully saturated rings. The molecule has 7 nitrogen and oxygen atoms in total. The normalized spacial score (nSPS) is 13.8. The molecule has 0 saturated carbocycles. The molecule has 0 N–H and O–H groups in total. The van der Waals surface area contributed by atoms with Crippen molar-refractivity contribution in [3.63, 3.8) is 0 Å². The quantitative estimate of drug-likeness (QED) is 0.168. The maximum Gasteiger partial charge on any atom is 0.258 e. The van der Waals surface area contributed by atoms with Gasteiger partial charge in [0.2, 0.25) is 0 Å². The molecule has 4 aliphatic heterocycles. The molecular formula is C51H33B2N7. The van der Waals surface area contributed by atoms with E-state index in [0.29, 0.717) is 0 Å². The summed E-state index contributed by atoms with van der Waals surface area (Å²) in [5.74, 6) is 2.69. The van der Waals surface area contributed by atoms with Crippen molar-refractivity contribution in [2.45, 2.75) is 0 Å². The van der Waals surface area contributed by atoms with E-state index in [4.69, 9.17) is 15.0 Å². The third-order valence-electron chi connectivity index (χ3n) is 12.5. The monoisotopic (exact) mass is 765 g/mol. The number of nitrogens with zero attached hydrogens (tertiary/aromatic N) is 7. The van der Waals surface area contributed by atoms with Crippen LogP contribution >= 0.6 is 0 Å². The van der Waals surface area contributed by atoms with Crippen LogP contribution in [0.5, 0.6) is 0 Å². The zero-order valence-electron chi connectivity index (χ0n) is 32.3. The smallest absolute Gasteiger partial charge is 0.258 e. The maximum atomic E-state index is 5.96. The van der Waals surface area contributed by atoms with Crippen molar-refractivity contribution in [3.8, 4) is 0 Å². The molecule has 278 valence electrons. The summed E-state index contributed by atoms with van der Waals surface area (Å²) in [5.41, 5.74) is 17.0. The highest BCUT2D eigenvalue weighted by atomic mass is 15.3. The number of benzene rings is 7. The Morgan fingerprint density at radius 1 is 0.333 bits per heavy atom. The van der Waals surface area contributed by atoms with Crippen LogP contribution in [0.1, 0.15) is 0 Å². The van der Waals surface area contributed by atoms with E-state index in [1.807, 2.05) is 6.20 Å². The largest absolute Gasteiger partial charge is 0.311 e. The number of hydrogen-bond acceptors (Lipinski definition) is 7. The standard InChI is InChI=1S/C51H33B2N7/c1-5-17-34(18-6-1)57-42-26-14-13-25-38(42)52-39-31-40-51(56-50(39)59(36-21-9-3-10-22-36)45-29-15-27-43(57)47(45)52)60(37-23-11-4-12-24-37)46-30-16-28-44-48(46)53(40)41-32-54-33-55-49(41)58(44)35-19-7-2-8-20-35/h1-33H. The summed E-state index contributed by atoms with van der Waals surface area (Å²) in [4.78, 5) is 25.2. The average molecular weight is 765 g/mol. The molecule has 0 saturated heterocycles. The van der Waals surface area contributed by atoms with Gasteiger partial charge in [-0.25, -0.2) is 15.0 Å². The fourth-order valence-electron chi connectivity index (χ4n) is 10.2. The summed E-state index contributed by atoms with van der Waals surface area (Å²) in [6.07, 6.45) is 3.68. The van der Waals surface area contributed by atoms with Gasteiger partial charge in [0.05, 0.1) is 0 Å². The highest BCUT2D eigenvalue weighted by Gasteiger charge is 2.49. The van der Waals surface area contributed by atoms with Crippen molar-refractivity contribution in [1.29, 1.82) is 0 Å². The third-order valence-corrected chi connectivity index (χ3v) is 12.5. The zero-order valence-corrected chi connectivity index (χ0v) is 32.3. The van der Waals surface area contributed by atoms with Crippen LogP contribution in [0.2, 0.25) is 0 Å². The van der Waals surface area contributed by atoms with Crippen molar-refractivity contribution >= 4 is 115 Å². The molecule has 13 rings (SSSR count). The second kappa shape index (κ2) is 12.8. The molecule has 0 spiro atoms. The van der Waals surface area contributed by atoms with E-state index in [-0.39, 0.29) is 13.4 Å². The molecule has 7 aromatic carbocycles. The Kier molecular flexibility index (Phi) is 7.06. The molecule has 0 amide bonds. The van der Waals surface area contributed by atoms with Crippen molar-refractivity contribution in [1.82, 2.24) is 15.0 Å². The Labute approximate surface area is 348 Å². The lowest BCUT2D eigenvalue weighted by atomic mass is 9.31. The van der Waals surface area contributed by atoms with Crippen LogP contribution in [0.25, 0.3) is 0 Å². The Hall–Kier alpha value is -7.90. The van der Waals surface area contributed by atoms with E-state index < -0.39 is 0 Å². The SMILES string of the molecule is c1ccc(N2c3ccccc3B3c4cc5c(nc4N(c4ccccc4)c4cccc2c43)N(c2ccccc2)c2cccc3c2B5c2cncnc2N3c2ccccc2)cc1. The minimum atomic E-state index is -0.179. The Morgan fingerprint density at radius 3 is 1.25 bits per heavy atom. The molecule has 9 aromatic rings. The minimum Gasteiger partial charge on any atom is -0.311 e. The molecule has 0 unspecified atom stereocenters. The van der Waals surface area contributed by atoms with Gasteiger partial charge in [0, 0.05) is 57.4 Å². The molecule has 9 heteroatoms. The van der Waals surface area contributed by atoms with Gasteiger partial charge in [-0.05, 0) is 112 Å². The van der Waals surface area contributed by atoms with Gasteiger partial charge in [0.1, 0.15) is 23.8 Å². The number of rotatable bonds is 4. The lowest BCUT2D eigenvalue weighted by Crippen LogP contribution is -2.65. The molecule has 2 aromatic heterocycles. The number of hydrogen-bond donors (Lipinski definition) is 0. The number of para-hydroxylation sites is 5. The third kappa shape index (κ3) is 4.60. The highest BCUT2D eigenvalue weighted by Crippen LogP contribution is 2.46. The van der Waals surface area contributed by atoms with Gasteiger partial charge in [-0.1, -0.05) is 109 Å². The Morgan fingerprint density at radius 2 is 0.733 bits per heavy atom. The van der Waals surface area contributed by atoms with Gasteiger partial charge in [0.25, 0.3) is 13.4 Å². The van der Waals surface area contributed by atoms with Crippen LogP contribution in [0.15, 0.2) is 201 Å². The van der Waals surface area contributed by atoms with E-state index in [1.54, 1.807) is 6.33 Å². The minimum absolute atomic E-state index is 0.0853. The van der Waals surface area contributed by atoms with Crippen molar-refractivity contribution in [2.75, 3.05) is 19.6 Å². The van der Waals surface area contributed by atoms with Gasteiger partial charge in [-0.2, -0.15) is 0 Å². The van der Waals surface area contributed by atoms with E-state index in [9.17, 15) is 0 Å². The van der Waals surface area contributed by atoms with Gasteiger partial charge in [-0.3, -0.25) is 14.7 Å². The highest BCUT2D eigenvalue weighted by molar-refractivity contribution is 7.03. The molecular weight excluding hydrogens is 732 g/mol. The summed E-state index contributed by atoms with van der Waals surface area (Å²) in [6.45, 7) is -0.264. The first-order valence-electron chi connectivity index (χ1n) is 20.4. The van der Waals surface area contributed by atoms with Crippen LogP contribution < -0.4 is 52.4 Å². The van der Waals surface area contributed by atoms with Crippen LogP contribution in [0.3, 0.4) is 0 Å². The van der Waals surface area contributed by atoms with Crippen molar-refractivity contribution < 1.29 is 0 Å². The van der Waals surface area contributed by atoms with Crippen LogP contribution in [0, 0.1) is 0 Å². The van der Waals surface area contributed by atoms with Crippen molar-refractivity contribution in [3.05, 3.63) is 201 Å².